The van der Waals surface area contributed by atoms with Crippen LogP contribution in [0.3, 0.4) is 0 Å². The maximum Gasteiger partial charge on any atom is 0.269 e. The molecule has 1 N–H and O–H groups in total. The number of benzene rings is 1. The molecule has 1 amide bonds. The van der Waals surface area contributed by atoms with Crippen LogP contribution in [-0.2, 0) is 13.5 Å². The molecule has 1 aromatic heterocycles. The molecule has 1 heterocycles. The van der Waals surface area contributed by atoms with Crippen molar-refractivity contribution in [3.8, 4) is 5.75 Å². The normalized spacial score (nSPS) is 11.3. The summed E-state index contributed by atoms with van der Waals surface area (Å²) in [6.45, 7) is 5.87. The van der Waals surface area contributed by atoms with Gasteiger partial charge in [-0.1, -0.05) is 18.2 Å². The smallest absolute Gasteiger partial charge is 0.269 e. The van der Waals surface area contributed by atoms with E-state index in [0.717, 1.165) is 17.0 Å². The van der Waals surface area contributed by atoms with E-state index in [1.807, 2.05) is 45.0 Å². The molecule has 0 spiro atoms. The number of carbonyl (C=O) groups is 1. The number of hydrogen-bond donors (Lipinski definition) is 1. The first-order valence-electron chi connectivity index (χ1n) is 7.27. The number of nitrogens with zero attached hydrogens (tertiary/aromatic N) is 2. The van der Waals surface area contributed by atoms with Crippen molar-refractivity contribution in [3.05, 3.63) is 47.3 Å². The van der Waals surface area contributed by atoms with Gasteiger partial charge in [-0.15, -0.1) is 0 Å². The first kappa shape index (κ1) is 16.1. The van der Waals surface area contributed by atoms with Gasteiger partial charge in [0.15, 0.2) is 0 Å². The zero-order chi connectivity index (χ0) is 16.3. The second-order valence-electron chi connectivity index (χ2n) is 6.12. The molecule has 0 unspecified atom stereocenters. The van der Waals surface area contributed by atoms with E-state index in [9.17, 15) is 4.79 Å². The molecule has 0 saturated heterocycles. The Morgan fingerprint density at radius 1 is 1.36 bits per heavy atom. The lowest BCUT2D eigenvalue weighted by atomic mass is 9.94. The van der Waals surface area contributed by atoms with Gasteiger partial charge in [0.05, 0.1) is 12.8 Å². The molecule has 0 fully saturated rings. The minimum absolute atomic E-state index is 0.122. The highest BCUT2D eigenvalue weighted by atomic mass is 16.5. The van der Waals surface area contributed by atoms with Crippen LogP contribution < -0.4 is 10.1 Å². The third-order valence-electron chi connectivity index (χ3n) is 3.51. The zero-order valence-corrected chi connectivity index (χ0v) is 13.8. The van der Waals surface area contributed by atoms with Crippen LogP contribution in [0.15, 0.2) is 30.3 Å². The predicted octanol–water partition coefficient (Wildman–Crippen LogP) is 2.49. The van der Waals surface area contributed by atoms with Gasteiger partial charge in [0.2, 0.25) is 0 Å². The highest BCUT2D eigenvalue weighted by molar-refractivity contribution is 5.93. The first-order chi connectivity index (χ1) is 10.3. The second kappa shape index (κ2) is 6.22. The molecule has 0 aliphatic carbocycles. The Bertz CT molecular complexity index is 674. The number of aromatic nitrogens is 2. The van der Waals surface area contributed by atoms with Gasteiger partial charge in [0.1, 0.15) is 11.4 Å². The van der Waals surface area contributed by atoms with Gasteiger partial charge in [-0.05, 0) is 44.9 Å². The fourth-order valence-electron chi connectivity index (χ4n) is 2.56. The summed E-state index contributed by atoms with van der Waals surface area (Å²) in [6.07, 6.45) is 0.680. The summed E-state index contributed by atoms with van der Waals surface area (Å²) in [7, 11) is 3.43. The maximum atomic E-state index is 12.4. The quantitative estimate of drug-likeness (QED) is 0.923. The van der Waals surface area contributed by atoms with Crippen molar-refractivity contribution in [1.29, 1.82) is 0 Å². The predicted molar refractivity (Wildman–Crippen MR) is 86.2 cm³/mol. The molecule has 5 nitrogen and oxygen atoms in total. The van der Waals surface area contributed by atoms with Crippen molar-refractivity contribution >= 4 is 5.91 Å². The molecule has 118 valence electrons. The average Bonchev–Trinajstić information content (AvgIpc) is 2.77. The number of hydrogen-bond acceptors (Lipinski definition) is 3. The van der Waals surface area contributed by atoms with Crippen LogP contribution in [0.25, 0.3) is 0 Å². The summed E-state index contributed by atoms with van der Waals surface area (Å²) in [5.41, 5.74) is 2.06. The molecule has 22 heavy (non-hydrogen) atoms. The topological polar surface area (TPSA) is 56.1 Å². The molecule has 2 aromatic rings. The number of ether oxygens (including phenoxy) is 1. The summed E-state index contributed by atoms with van der Waals surface area (Å²) in [4.78, 5) is 12.4. The summed E-state index contributed by atoms with van der Waals surface area (Å²) >= 11 is 0. The monoisotopic (exact) mass is 301 g/mol. The van der Waals surface area contributed by atoms with E-state index < -0.39 is 5.54 Å². The zero-order valence-electron chi connectivity index (χ0n) is 13.8. The van der Waals surface area contributed by atoms with Crippen LogP contribution in [0.4, 0.5) is 0 Å². The van der Waals surface area contributed by atoms with Gasteiger partial charge in [-0.25, -0.2) is 0 Å². The minimum atomic E-state index is -0.399. The molecule has 0 aliphatic rings. The Morgan fingerprint density at radius 2 is 2.05 bits per heavy atom. The molecule has 5 heteroatoms. The van der Waals surface area contributed by atoms with E-state index in [4.69, 9.17) is 4.74 Å². The molecule has 1 aromatic carbocycles. The second-order valence-corrected chi connectivity index (χ2v) is 6.12. The lowest BCUT2D eigenvalue weighted by Gasteiger charge is -2.27. The minimum Gasteiger partial charge on any atom is -0.496 e. The van der Waals surface area contributed by atoms with Crippen LogP contribution in [0, 0.1) is 6.92 Å². The van der Waals surface area contributed by atoms with E-state index in [0.29, 0.717) is 12.1 Å². The van der Waals surface area contributed by atoms with Gasteiger partial charge < -0.3 is 10.1 Å². The van der Waals surface area contributed by atoms with Crippen molar-refractivity contribution in [1.82, 2.24) is 15.1 Å². The Kier molecular flexibility index (Phi) is 4.54. The largest absolute Gasteiger partial charge is 0.496 e. The third-order valence-corrected chi connectivity index (χ3v) is 3.51. The Morgan fingerprint density at radius 3 is 2.64 bits per heavy atom. The van der Waals surface area contributed by atoms with E-state index in [1.54, 1.807) is 24.9 Å². The number of aryl methyl sites for hydroxylation is 2. The Hall–Kier alpha value is -2.30. The molecule has 0 saturated carbocycles. The standard InChI is InChI=1S/C17H23N3O2/c1-12-10-14(20(4)19-12)16(21)18-17(2,3)11-13-8-6-7-9-15(13)22-5/h6-10H,11H2,1-5H3,(H,18,21). The third kappa shape index (κ3) is 3.67. The van der Waals surface area contributed by atoms with E-state index in [1.165, 1.54) is 0 Å². The fourth-order valence-corrected chi connectivity index (χ4v) is 2.56. The lowest BCUT2D eigenvalue weighted by Crippen LogP contribution is -2.45. The van der Waals surface area contributed by atoms with Crippen LogP contribution in [0.2, 0.25) is 0 Å². The summed E-state index contributed by atoms with van der Waals surface area (Å²) in [6, 6.07) is 9.64. The van der Waals surface area contributed by atoms with Crippen molar-refractivity contribution in [2.24, 2.45) is 7.05 Å². The Labute approximate surface area is 131 Å². The highest BCUT2D eigenvalue weighted by Crippen LogP contribution is 2.23. The molecule has 0 bridgehead atoms. The van der Waals surface area contributed by atoms with E-state index in [-0.39, 0.29) is 5.91 Å². The average molecular weight is 301 g/mol. The van der Waals surface area contributed by atoms with Gasteiger partial charge in [0, 0.05) is 12.6 Å². The Balaban J connectivity index is 2.13. The van der Waals surface area contributed by atoms with Gasteiger partial charge >= 0.3 is 0 Å². The van der Waals surface area contributed by atoms with E-state index in [2.05, 4.69) is 10.4 Å². The molecule has 0 aliphatic heterocycles. The molecular weight excluding hydrogens is 278 g/mol. The highest BCUT2D eigenvalue weighted by Gasteiger charge is 2.24. The lowest BCUT2D eigenvalue weighted by molar-refractivity contribution is 0.0903. The van der Waals surface area contributed by atoms with Crippen molar-refractivity contribution in [2.75, 3.05) is 7.11 Å². The van der Waals surface area contributed by atoms with Crippen molar-refractivity contribution in [2.45, 2.75) is 32.7 Å². The van der Waals surface area contributed by atoms with Crippen molar-refractivity contribution in [3.63, 3.8) is 0 Å². The number of rotatable bonds is 5. The summed E-state index contributed by atoms with van der Waals surface area (Å²) < 4.78 is 6.98. The maximum absolute atomic E-state index is 12.4. The van der Waals surface area contributed by atoms with Crippen LogP contribution in [0.1, 0.15) is 35.6 Å². The van der Waals surface area contributed by atoms with Gasteiger partial charge in [-0.3, -0.25) is 9.48 Å². The number of para-hydroxylation sites is 1. The summed E-state index contributed by atoms with van der Waals surface area (Å²) in [5.74, 6) is 0.712. The summed E-state index contributed by atoms with van der Waals surface area (Å²) in [5, 5.41) is 7.28. The molecule has 2 rings (SSSR count). The number of methoxy groups -OCH3 is 1. The SMILES string of the molecule is COc1ccccc1CC(C)(C)NC(=O)c1cc(C)nn1C. The first-order valence-corrected chi connectivity index (χ1v) is 7.27. The van der Waals surface area contributed by atoms with Crippen LogP contribution in [-0.4, -0.2) is 28.3 Å². The number of amides is 1. The van der Waals surface area contributed by atoms with Crippen LogP contribution >= 0.6 is 0 Å². The van der Waals surface area contributed by atoms with Crippen LogP contribution in [0.5, 0.6) is 5.75 Å². The number of nitrogens with one attached hydrogen (secondary N) is 1. The molecule has 0 radical (unpaired) electrons. The fraction of sp³-hybridized carbons (Fsp3) is 0.412. The number of carbonyl (C=O) groups excluding carboxylic acids is 1. The van der Waals surface area contributed by atoms with Gasteiger partial charge in [-0.2, -0.15) is 5.10 Å². The van der Waals surface area contributed by atoms with E-state index >= 15 is 0 Å². The van der Waals surface area contributed by atoms with Gasteiger partial charge in [0.25, 0.3) is 5.91 Å². The molecular formula is C17H23N3O2. The van der Waals surface area contributed by atoms with Crippen molar-refractivity contribution < 1.29 is 9.53 Å². The molecule has 0 atom stereocenters.